The van der Waals surface area contributed by atoms with Gasteiger partial charge in [0.1, 0.15) is 11.2 Å². The number of terminal acetylenes is 2. The van der Waals surface area contributed by atoms with Crippen LogP contribution in [0, 0.1) is 189 Å². The van der Waals surface area contributed by atoms with Crippen molar-refractivity contribution in [2.75, 3.05) is 0 Å². The molecule has 0 saturated heterocycles. The largest absolute Gasteiger partial charge is 0.377 e. The van der Waals surface area contributed by atoms with Gasteiger partial charge in [0.05, 0.1) is 0 Å². The van der Waals surface area contributed by atoms with Gasteiger partial charge < -0.3 is 10.2 Å². The Balaban J connectivity index is 0.000000486. The van der Waals surface area contributed by atoms with E-state index >= 15 is 0 Å². The maximum atomic E-state index is 11.7. The van der Waals surface area contributed by atoms with Crippen LogP contribution >= 0.6 is 0 Å². The molecule has 0 aromatic heterocycles. The van der Waals surface area contributed by atoms with Crippen LogP contribution in [0.25, 0.3) is 0 Å². The second-order valence-corrected chi connectivity index (χ2v) is 24.1. The number of carbonyl (C=O) groups is 2. The van der Waals surface area contributed by atoms with Crippen molar-refractivity contribution in [2.24, 2.45) is 75.9 Å². The summed E-state index contributed by atoms with van der Waals surface area (Å²) in [6.07, 6.45) is 43.3. The van der Waals surface area contributed by atoms with Gasteiger partial charge >= 0.3 is 0 Å². The number of allylic oxidation sites excluding steroid dienone is 5. The third-order valence-electron chi connectivity index (χ3n) is 21.1. The van der Waals surface area contributed by atoms with Gasteiger partial charge in [-0.05, 0) is 247 Å². The summed E-state index contributed by atoms with van der Waals surface area (Å²) in [5.41, 5.74) is 15.1. The van der Waals surface area contributed by atoms with Gasteiger partial charge in [0.2, 0.25) is 0 Å². The minimum Gasteiger partial charge on any atom is -0.377 e. The Bertz CT molecular complexity index is 2200. The van der Waals surface area contributed by atoms with Gasteiger partial charge in [-0.1, -0.05) is 92.2 Å². The molecule has 15 atom stereocenters. The Morgan fingerprint density at radius 3 is 1.43 bits per heavy atom. The van der Waals surface area contributed by atoms with Gasteiger partial charge in [0.15, 0.2) is 11.6 Å². The Morgan fingerprint density at radius 2 is 1.04 bits per heavy atom. The van der Waals surface area contributed by atoms with Gasteiger partial charge in [-0.15, -0.1) is 30.0 Å². The zero-order valence-corrected chi connectivity index (χ0v) is 61.2. The van der Waals surface area contributed by atoms with E-state index < -0.39 is 11.2 Å². The molecule has 0 aromatic carbocycles. The van der Waals surface area contributed by atoms with E-state index in [1.807, 2.05) is 19.1 Å². The monoisotopic (exact) mass is 1530 g/mol. The molecule has 0 heterocycles. The molecule has 4 nitrogen and oxygen atoms in total. The second kappa shape index (κ2) is 31.7. The second-order valence-electron chi connectivity index (χ2n) is 24.1. The van der Waals surface area contributed by atoms with E-state index in [0.717, 1.165) is 113 Å². The van der Waals surface area contributed by atoms with Gasteiger partial charge in [-0.2, -0.15) is 0 Å². The van der Waals surface area contributed by atoms with Gasteiger partial charge in [0.25, 0.3) is 0 Å². The molecular formula is C66H96Ac2O4Zn2. The first-order chi connectivity index (χ1) is 32.5. The predicted molar refractivity (Wildman–Crippen MR) is 292 cm³/mol. The maximum absolute atomic E-state index is 11.7. The van der Waals surface area contributed by atoms with E-state index in [0.29, 0.717) is 46.6 Å². The molecule has 8 heteroatoms. The number of ketones is 2. The molecule has 0 amide bonds. The first-order valence-corrected chi connectivity index (χ1v) is 27.5. The minimum atomic E-state index is -0.902. The summed E-state index contributed by atoms with van der Waals surface area (Å²) in [5, 5.41) is 20.5. The number of hydrogen-bond donors (Lipinski definition) is 2. The molecule has 0 aromatic rings. The minimum absolute atomic E-state index is 0. The molecule has 2 radical (unpaired) electrons. The normalized spacial score (nSPS) is 39.1. The fraction of sp³-hybridized carbons (Fsp3) is 0.712. The summed E-state index contributed by atoms with van der Waals surface area (Å²) >= 11 is 0. The van der Waals surface area contributed by atoms with E-state index in [4.69, 9.17) is 12.8 Å². The third-order valence-corrected chi connectivity index (χ3v) is 21.1. The van der Waals surface area contributed by atoms with Crippen LogP contribution < -0.4 is 0 Å². The molecule has 0 bridgehead atoms. The average molecular weight is 1540 g/mol. The third kappa shape index (κ3) is 15.4. The number of fused-ring (bicyclic) bond motifs is 10. The van der Waals surface area contributed by atoms with Crippen molar-refractivity contribution >= 4 is 11.6 Å². The molecule has 394 valence electrons. The van der Waals surface area contributed by atoms with Crippen LogP contribution in [0.2, 0.25) is 0 Å². The Kier molecular flexibility index (Phi) is 31.1. The Morgan fingerprint density at radius 1 is 0.541 bits per heavy atom. The summed E-state index contributed by atoms with van der Waals surface area (Å²) in [5.74, 6) is 13.6. The Labute approximate surface area is 550 Å². The first kappa shape index (κ1) is 72.6. The summed E-state index contributed by atoms with van der Waals surface area (Å²) in [6, 6.07) is 0. The summed E-state index contributed by atoms with van der Waals surface area (Å²) in [4.78, 5) is 23.4. The quantitative estimate of drug-likeness (QED) is 0.144. The molecule has 74 heavy (non-hydrogen) atoms. The molecule has 0 spiro atoms. The molecule has 9 saturated carbocycles. The van der Waals surface area contributed by atoms with Crippen molar-refractivity contribution in [3.63, 3.8) is 0 Å². The fourth-order valence-electron chi connectivity index (χ4n) is 16.7. The maximum Gasteiger partial charge on any atom is 0.155 e. The van der Waals surface area contributed by atoms with Crippen molar-refractivity contribution in [3.8, 4) is 24.7 Å². The Hall–Kier alpha value is 0.550. The molecule has 11 rings (SSSR count). The van der Waals surface area contributed by atoms with E-state index in [-0.39, 0.29) is 147 Å². The zero-order chi connectivity index (χ0) is 49.0. The van der Waals surface area contributed by atoms with Crippen LogP contribution in [-0.4, -0.2) is 33.0 Å². The molecular weight excluding hydrogens is 1440 g/mol. The first-order valence-electron chi connectivity index (χ1n) is 27.5. The molecule has 2 N–H and O–H groups in total. The van der Waals surface area contributed by atoms with Gasteiger partial charge in [-0.3, -0.25) is 9.59 Å². The van der Waals surface area contributed by atoms with Crippen LogP contribution in [0.4, 0.5) is 0 Å². The van der Waals surface area contributed by atoms with Crippen molar-refractivity contribution in [2.45, 2.75) is 221 Å². The summed E-state index contributed by atoms with van der Waals surface area (Å²) in [6.45, 7) is 22.4. The van der Waals surface area contributed by atoms with Crippen LogP contribution in [0.3, 0.4) is 0 Å². The van der Waals surface area contributed by atoms with Gasteiger partial charge in [-0.25, -0.2) is 0 Å². The predicted octanol–water partition coefficient (Wildman–Crippen LogP) is 15.8. The van der Waals surface area contributed by atoms with Gasteiger partial charge in [0, 0.05) is 145 Å². The standard InChI is InChI=1S/C20H26O2.C20H26O.C8H12O.2C8H12.2CH4.2Ac.2Zn/c1-3-20(22)11-9-18-17-6-4-13-12-14(21)5-7-15(13)16(17)8-10-19(18,20)2;1-3-14-5-9-19-18-7-4-13-12-15(21)6-8-16(13)17(18)10-11-20(14,19)2;1-3-8(9)6-4-5-7(8)2;2*1-3-8-6-4-5-7(8)2;;;;;;/h1,12,15-18,22H,4-11H2,2H3;12,16-19H,1,4-11H2,2H3;1,7,9H,4-6H2,2H3;2*7H,1,4-6H2,2H3;2*1H4;;;;/t15?,16?,17?,18?,19-,20-;16-,17?,18?,19?,20+;7-,8+;2*7-;;;;;;/m00111....../s1. The number of carbonyl (C=O) groups excluding carboxylic acids is 2. The molecule has 11 aliphatic rings. The van der Waals surface area contributed by atoms with Crippen LogP contribution in [0.5, 0.6) is 0 Å². The van der Waals surface area contributed by atoms with Crippen LogP contribution in [-0.2, 0) is 48.5 Å². The van der Waals surface area contributed by atoms with Crippen LogP contribution in [0.15, 0.2) is 76.9 Å². The summed E-state index contributed by atoms with van der Waals surface area (Å²) < 4.78 is 0. The van der Waals surface area contributed by atoms with E-state index in [1.165, 1.54) is 111 Å². The van der Waals surface area contributed by atoms with Crippen molar-refractivity contribution < 1.29 is 147 Å². The molecule has 0 aliphatic heterocycles. The average Bonchev–Trinajstić information content (AvgIpc) is 4.17. The SMILES string of the molecule is C.C.C#C[C@]1(O)CCC2C3CCC4=CC(=O)CCC4C3CC[C@@]21C.C#C[C@]1(O)CCC[C@H]1C.C=C=C1CCC2C3CCC4=CC(=O)CC[C@@H]4C3CC[C@]12C.C=C=C1CCC[C@H]1C.C=C=C1CCC[C@H]1C.[Ac].[Ac].[Zn].[Zn]. The van der Waals surface area contributed by atoms with Crippen LogP contribution in [0.1, 0.15) is 210 Å². The molecule has 9 fully saturated rings. The zero-order valence-electron chi connectivity index (χ0n) is 45.7. The fourth-order valence-corrected chi connectivity index (χ4v) is 16.7. The van der Waals surface area contributed by atoms with E-state index in [2.05, 4.69) is 76.5 Å². The van der Waals surface area contributed by atoms with Crippen molar-refractivity contribution in [1.82, 2.24) is 0 Å². The number of aliphatic hydroxyl groups is 2. The van der Waals surface area contributed by atoms with E-state index in [9.17, 15) is 19.8 Å². The topological polar surface area (TPSA) is 74.6 Å². The summed E-state index contributed by atoms with van der Waals surface area (Å²) in [7, 11) is 0. The number of hydrogen-bond acceptors (Lipinski definition) is 4. The van der Waals surface area contributed by atoms with Crippen molar-refractivity contribution in [1.29, 1.82) is 0 Å². The molecule has 7 unspecified atom stereocenters. The number of rotatable bonds is 0. The smallest absolute Gasteiger partial charge is 0.155 e. The van der Waals surface area contributed by atoms with Crippen molar-refractivity contribution in [3.05, 3.63) is 76.9 Å². The van der Waals surface area contributed by atoms with E-state index in [1.54, 1.807) is 0 Å². The molecule has 11 aliphatic carbocycles.